The summed E-state index contributed by atoms with van der Waals surface area (Å²) in [6.45, 7) is 4.29. The molecule has 108 valence electrons. The SMILES string of the molecule is CCOC(=O)c1ccc(-c2ccccc2C)nc1C1CC1. The van der Waals surface area contributed by atoms with E-state index in [1.54, 1.807) is 0 Å². The van der Waals surface area contributed by atoms with Crippen LogP contribution >= 0.6 is 0 Å². The minimum atomic E-state index is -0.261. The predicted molar refractivity (Wildman–Crippen MR) is 82.3 cm³/mol. The Hall–Kier alpha value is -2.16. The Balaban J connectivity index is 2.04. The Bertz CT molecular complexity index is 675. The molecule has 2 aromatic rings. The van der Waals surface area contributed by atoms with Crippen molar-refractivity contribution in [3.05, 3.63) is 53.2 Å². The van der Waals surface area contributed by atoms with E-state index >= 15 is 0 Å². The zero-order chi connectivity index (χ0) is 14.8. The minimum Gasteiger partial charge on any atom is -0.462 e. The van der Waals surface area contributed by atoms with Crippen molar-refractivity contribution in [2.24, 2.45) is 0 Å². The van der Waals surface area contributed by atoms with Crippen LogP contribution in [0.4, 0.5) is 0 Å². The Kier molecular flexibility index (Phi) is 3.74. The highest BCUT2D eigenvalue weighted by atomic mass is 16.5. The molecule has 0 aliphatic heterocycles. The van der Waals surface area contributed by atoms with Crippen LogP contribution in [0.25, 0.3) is 11.3 Å². The van der Waals surface area contributed by atoms with Crippen molar-refractivity contribution in [2.75, 3.05) is 6.61 Å². The van der Waals surface area contributed by atoms with Gasteiger partial charge in [-0.2, -0.15) is 0 Å². The third-order valence-electron chi connectivity index (χ3n) is 3.81. The Labute approximate surface area is 125 Å². The first kappa shape index (κ1) is 13.8. The molecule has 3 rings (SSSR count). The van der Waals surface area contributed by atoms with Crippen LogP contribution in [0.2, 0.25) is 0 Å². The van der Waals surface area contributed by atoms with Crippen LogP contribution in [-0.2, 0) is 4.74 Å². The molecule has 1 aromatic carbocycles. The molecule has 0 bridgehead atoms. The van der Waals surface area contributed by atoms with E-state index in [2.05, 4.69) is 19.1 Å². The van der Waals surface area contributed by atoms with E-state index in [4.69, 9.17) is 9.72 Å². The van der Waals surface area contributed by atoms with Crippen molar-refractivity contribution >= 4 is 5.97 Å². The number of esters is 1. The van der Waals surface area contributed by atoms with Crippen LogP contribution in [-0.4, -0.2) is 17.6 Å². The molecule has 1 fully saturated rings. The Morgan fingerprint density at radius 2 is 2.00 bits per heavy atom. The summed E-state index contributed by atoms with van der Waals surface area (Å²) in [6.07, 6.45) is 2.22. The van der Waals surface area contributed by atoms with Crippen molar-refractivity contribution in [3.63, 3.8) is 0 Å². The third-order valence-corrected chi connectivity index (χ3v) is 3.81. The number of carbonyl (C=O) groups excluding carboxylic acids is 1. The molecule has 0 spiro atoms. The van der Waals surface area contributed by atoms with Gasteiger partial charge in [0.1, 0.15) is 0 Å². The van der Waals surface area contributed by atoms with Gasteiger partial charge in [-0.1, -0.05) is 24.3 Å². The molecule has 0 radical (unpaired) electrons. The van der Waals surface area contributed by atoms with E-state index in [0.29, 0.717) is 18.1 Å². The normalized spacial score (nSPS) is 14.0. The van der Waals surface area contributed by atoms with E-state index in [-0.39, 0.29) is 5.97 Å². The van der Waals surface area contributed by atoms with Crippen molar-refractivity contribution < 1.29 is 9.53 Å². The van der Waals surface area contributed by atoms with Gasteiger partial charge in [0.05, 0.1) is 23.6 Å². The zero-order valence-corrected chi connectivity index (χ0v) is 12.4. The average molecular weight is 281 g/mol. The summed E-state index contributed by atoms with van der Waals surface area (Å²) in [5.74, 6) is 0.150. The Morgan fingerprint density at radius 1 is 1.24 bits per heavy atom. The molecule has 1 aliphatic carbocycles. The van der Waals surface area contributed by atoms with Gasteiger partial charge in [-0.15, -0.1) is 0 Å². The minimum absolute atomic E-state index is 0.261. The first-order chi connectivity index (χ1) is 10.2. The number of benzene rings is 1. The van der Waals surface area contributed by atoms with E-state index in [0.717, 1.165) is 29.8 Å². The molecule has 3 heteroatoms. The zero-order valence-electron chi connectivity index (χ0n) is 12.4. The van der Waals surface area contributed by atoms with Gasteiger partial charge >= 0.3 is 5.97 Å². The number of nitrogens with zero attached hydrogens (tertiary/aromatic N) is 1. The van der Waals surface area contributed by atoms with Gasteiger partial charge in [0.25, 0.3) is 0 Å². The van der Waals surface area contributed by atoms with Gasteiger partial charge in [-0.3, -0.25) is 4.98 Å². The van der Waals surface area contributed by atoms with E-state index in [9.17, 15) is 4.79 Å². The predicted octanol–water partition coefficient (Wildman–Crippen LogP) is 4.11. The lowest BCUT2D eigenvalue weighted by atomic mass is 10.0. The number of aromatic nitrogens is 1. The van der Waals surface area contributed by atoms with Crippen LogP contribution in [0.15, 0.2) is 36.4 Å². The molecule has 0 atom stereocenters. The maximum absolute atomic E-state index is 12.1. The van der Waals surface area contributed by atoms with Crippen LogP contribution < -0.4 is 0 Å². The van der Waals surface area contributed by atoms with E-state index < -0.39 is 0 Å². The lowest BCUT2D eigenvalue weighted by molar-refractivity contribution is 0.0524. The highest BCUT2D eigenvalue weighted by Crippen LogP contribution is 2.41. The molecule has 0 amide bonds. The van der Waals surface area contributed by atoms with Gasteiger partial charge in [-0.25, -0.2) is 4.79 Å². The second-order valence-electron chi connectivity index (χ2n) is 5.44. The smallest absolute Gasteiger partial charge is 0.339 e. The standard InChI is InChI=1S/C18H19NO2/c1-3-21-18(20)15-10-11-16(19-17(15)13-8-9-13)14-7-5-4-6-12(14)2/h4-7,10-11,13H,3,8-9H2,1-2H3. The van der Waals surface area contributed by atoms with Crippen molar-refractivity contribution in [2.45, 2.75) is 32.6 Å². The first-order valence-electron chi connectivity index (χ1n) is 7.44. The van der Waals surface area contributed by atoms with Gasteiger partial charge in [0, 0.05) is 11.5 Å². The monoisotopic (exact) mass is 281 g/mol. The largest absolute Gasteiger partial charge is 0.462 e. The van der Waals surface area contributed by atoms with Crippen molar-refractivity contribution in [1.82, 2.24) is 4.98 Å². The van der Waals surface area contributed by atoms with Gasteiger partial charge in [-0.05, 0) is 44.4 Å². The highest BCUT2D eigenvalue weighted by Gasteiger charge is 2.30. The van der Waals surface area contributed by atoms with E-state index in [1.165, 1.54) is 5.56 Å². The number of rotatable bonds is 4. The quantitative estimate of drug-likeness (QED) is 0.792. The van der Waals surface area contributed by atoms with Crippen LogP contribution in [0, 0.1) is 6.92 Å². The summed E-state index contributed by atoms with van der Waals surface area (Å²) in [6, 6.07) is 12.0. The fraction of sp³-hybridized carbons (Fsp3) is 0.333. The molecule has 0 N–H and O–H groups in total. The average Bonchev–Trinajstić information content (AvgIpc) is 3.32. The summed E-state index contributed by atoms with van der Waals surface area (Å²) in [4.78, 5) is 16.8. The lowest BCUT2D eigenvalue weighted by Gasteiger charge is -2.11. The number of ether oxygens (including phenoxy) is 1. The summed E-state index contributed by atoms with van der Waals surface area (Å²) < 4.78 is 5.14. The molecule has 21 heavy (non-hydrogen) atoms. The van der Waals surface area contributed by atoms with Gasteiger partial charge < -0.3 is 4.74 Å². The molecule has 1 aliphatic rings. The maximum atomic E-state index is 12.1. The van der Waals surface area contributed by atoms with Crippen molar-refractivity contribution in [1.29, 1.82) is 0 Å². The second kappa shape index (κ2) is 5.68. The van der Waals surface area contributed by atoms with Gasteiger partial charge in [0.15, 0.2) is 0 Å². The first-order valence-corrected chi connectivity index (χ1v) is 7.44. The second-order valence-corrected chi connectivity index (χ2v) is 5.44. The molecular formula is C18H19NO2. The molecule has 1 aromatic heterocycles. The van der Waals surface area contributed by atoms with E-state index in [1.807, 2.05) is 31.2 Å². The maximum Gasteiger partial charge on any atom is 0.339 e. The summed E-state index contributed by atoms with van der Waals surface area (Å²) in [7, 11) is 0. The van der Waals surface area contributed by atoms with Crippen LogP contribution in [0.1, 0.15) is 47.3 Å². The third kappa shape index (κ3) is 2.82. The van der Waals surface area contributed by atoms with Crippen molar-refractivity contribution in [3.8, 4) is 11.3 Å². The molecule has 1 saturated carbocycles. The Morgan fingerprint density at radius 3 is 2.67 bits per heavy atom. The fourth-order valence-corrected chi connectivity index (χ4v) is 2.53. The number of hydrogen-bond donors (Lipinski definition) is 0. The number of hydrogen-bond acceptors (Lipinski definition) is 3. The van der Waals surface area contributed by atoms with Gasteiger partial charge in [0.2, 0.25) is 0 Å². The topological polar surface area (TPSA) is 39.2 Å². The van der Waals surface area contributed by atoms with Crippen LogP contribution in [0.5, 0.6) is 0 Å². The summed E-state index contributed by atoms with van der Waals surface area (Å²) >= 11 is 0. The number of aryl methyl sites for hydroxylation is 1. The molecule has 1 heterocycles. The lowest BCUT2D eigenvalue weighted by Crippen LogP contribution is -2.09. The summed E-state index contributed by atoms with van der Waals surface area (Å²) in [5, 5.41) is 0. The summed E-state index contributed by atoms with van der Waals surface area (Å²) in [5.41, 5.74) is 4.76. The molecule has 0 saturated heterocycles. The van der Waals surface area contributed by atoms with Crippen LogP contribution in [0.3, 0.4) is 0 Å². The fourth-order valence-electron chi connectivity index (χ4n) is 2.53. The molecular weight excluding hydrogens is 262 g/mol. The number of carbonyl (C=O) groups is 1. The number of pyridine rings is 1. The highest BCUT2D eigenvalue weighted by molar-refractivity contribution is 5.91. The molecule has 0 unspecified atom stereocenters. The molecule has 3 nitrogen and oxygen atoms in total.